The largest absolute Gasteiger partial charge is 0.479 e. The fourth-order valence-corrected chi connectivity index (χ4v) is 2.05. The van der Waals surface area contributed by atoms with Gasteiger partial charge in [-0.3, -0.25) is 0 Å². The van der Waals surface area contributed by atoms with Gasteiger partial charge in [-0.2, -0.15) is 0 Å². The summed E-state index contributed by atoms with van der Waals surface area (Å²) < 4.78 is 5.32. The molecule has 0 amide bonds. The van der Waals surface area contributed by atoms with Gasteiger partial charge in [0.05, 0.1) is 6.10 Å². The van der Waals surface area contributed by atoms with Gasteiger partial charge in [-0.15, -0.1) is 0 Å². The van der Waals surface area contributed by atoms with Crippen LogP contribution in [0.5, 0.6) is 0 Å². The maximum absolute atomic E-state index is 11.0. The predicted octanol–water partition coefficient (Wildman–Crippen LogP) is 1.03. The molecule has 4 heteroatoms. The molecular formula is C10H18O4. The average molecular weight is 202 g/mol. The second-order valence-electron chi connectivity index (χ2n) is 3.99. The summed E-state index contributed by atoms with van der Waals surface area (Å²) in [6.07, 6.45) is 1.54. The lowest BCUT2D eigenvalue weighted by Crippen LogP contribution is -2.48. The highest BCUT2D eigenvalue weighted by molar-refractivity contribution is 5.77. The molecule has 14 heavy (non-hydrogen) atoms. The fourth-order valence-electron chi connectivity index (χ4n) is 2.05. The molecule has 4 nitrogen and oxygen atoms in total. The molecule has 0 aromatic rings. The lowest BCUT2D eigenvalue weighted by Gasteiger charge is -2.36. The van der Waals surface area contributed by atoms with E-state index in [1.165, 1.54) is 0 Å². The van der Waals surface area contributed by atoms with Crippen LogP contribution in [-0.2, 0) is 9.53 Å². The van der Waals surface area contributed by atoms with Gasteiger partial charge in [-0.25, -0.2) is 4.79 Å². The highest BCUT2D eigenvalue weighted by Crippen LogP contribution is 2.32. The highest BCUT2D eigenvalue weighted by atomic mass is 16.5. The van der Waals surface area contributed by atoms with Crippen molar-refractivity contribution < 1.29 is 19.7 Å². The van der Waals surface area contributed by atoms with Crippen molar-refractivity contribution in [2.24, 2.45) is 5.92 Å². The maximum Gasteiger partial charge on any atom is 0.335 e. The number of carboxylic acids is 1. The minimum atomic E-state index is -1.57. The number of carbonyl (C=O) groups is 1. The van der Waals surface area contributed by atoms with Gasteiger partial charge in [0, 0.05) is 12.5 Å². The Bertz CT molecular complexity index is 216. The smallest absolute Gasteiger partial charge is 0.335 e. The molecule has 0 aromatic carbocycles. The molecule has 0 aliphatic carbocycles. The molecule has 1 saturated heterocycles. The zero-order valence-corrected chi connectivity index (χ0v) is 8.69. The number of ether oxygens (including phenoxy) is 1. The van der Waals surface area contributed by atoms with Crippen LogP contribution in [0.3, 0.4) is 0 Å². The molecule has 0 aromatic heterocycles. The Labute approximate surface area is 83.9 Å². The molecule has 82 valence electrons. The molecule has 3 unspecified atom stereocenters. The van der Waals surface area contributed by atoms with Crippen LogP contribution < -0.4 is 0 Å². The zero-order chi connectivity index (χ0) is 10.8. The first-order valence-corrected chi connectivity index (χ1v) is 5.08. The SMILES string of the molecule is CCC(O)(C(=O)O)C1CCOC(C)C1. The summed E-state index contributed by atoms with van der Waals surface area (Å²) in [7, 11) is 0. The molecule has 0 saturated carbocycles. The number of hydrogen-bond donors (Lipinski definition) is 2. The van der Waals surface area contributed by atoms with Crippen LogP contribution in [0, 0.1) is 5.92 Å². The van der Waals surface area contributed by atoms with Crippen LogP contribution in [-0.4, -0.2) is 34.5 Å². The summed E-state index contributed by atoms with van der Waals surface area (Å²) in [5, 5.41) is 19.0. The van der Waals surface area contributed by atoms with E-state index in [-0.39, 0.29) is 18.4 Å². The van der Waals surface area contributed by atoms with E-state index in [1.807, 2.05) is 6.92 Å². The normalized spacial score (nSPS) is 32.2. The van der Waals surface area contributed by atoms with Crippen molar-refractivity contribution in [2.75, 3.05) is 6.61 Å². The van der Waals surface area contributed by atoms with Crippen molar-refractivity contribution in [1.82, 2.24) is 0 Å². The third-order valence-corrected chi connectivity index (χ3v) is 3.07. The second kappa shape index (κ2) is 4.28. The number of aliphatic hydroxyl groups is 1. The van der Waals surface area contributed by atoms with Crippen molar-refractivity contribution in [1.29, 1.82) is 0 Å². The van der Waals surface area contributed by atoms with Gasteiger partial charge in [-0.1, -0.05) is 6.92 Å². The first kappa shape index (κ1) is 11.5. The average Bonchev–Trinajstić information content (AvgIpc) is 2.16. The minimum Gasteiger partial charge on any atom is -0.479 e. The van der Waals surface area contributed by atoms with Crippen LogP contribution in [0.2, 0.25) is 0 Å². The van der Waals surface area contributed by atoms with E-state index < -0.39 is 11.6 Å². The molecule has 2 N–H and O–H groups in total. The van der Waals surface area contributed by atoms with E-state index in [9.17, 15) is 9.90 Å². The summed E-state index contributed by atoms with van der Waals surface area (Å²) in [5.74, 6) is -1.30. The van der Waals surface area contributed by atoms with Gasteiger partial charge in [0.2, 0.25) is 0 Å². The van der Waals surface area contributed by atoms with Gasteiger partial charge in [0.15, 0.2) is 5.60 Å². The minimum absolute atomic E-state index is 0.0474. The van der Waals surface area contributed by atoms with Gasteiger partial charge in [0.1, 0.15) is 0 Å². The van der Waals surface area contributed by atoms with Crippen LogP contribution in [0.25, 0.3) is 0 Å². The van der Waals surface area contributed by atoms with Crippen LogP contribution in [0.15, 0.2) is 0 Å². The molecule has 1 rings (SSSR count). The molecule has 1 aliphatic heterocycles. The summed E-state index contributed by atoms with van der Waals surface area (Å²) in [6, 6.07) is 0. The van der Waals surface area contributed by atoms with E-state index >= 15 is 0 Å². The molecule has 0 radical (unpaired) electrons. The number of carboxylic acid groups (broad SMARTS) is 1. The third kappa shape index (κ3) is 2.07. The summed E-state index contributed by atoms with van der Waals surface area (Å²) in [4.78, 5) is 11.0. The molecular weight excluding hydrogens is 184 g/mol. The van der Waals surface area contributed by atoms with E-state index in [0.717, 1.165) is 0 Å². The highest BCUT2D eigenvalue weighted by Gasteiger charge is 2.44. The Balaban J connectivity index is 2.73. The standard InChI is InChI=1S/C10H18O4/c1-3-10(13,9(11)12)8-4-5-14-7(2)6-8/h7-8,13H,3-6H2,1-2H3,(H,11,12). The van der Waals surface area contributed by atoms with Crippen molar-refractivity contribution in [3.05, 3.63) is 0 Å². The Kier molecular flexibility index (Phi) is 3.50. The molecule has 0 spiro atoms. The Hall–Kier alpha value is -0.610. The van der Waals surface area contributed by atoms with E-state index in [2.05, 4.69) is 0 Å². The van der Waals surface area contributed by atoms with Crippen molar-refractivity contribution in [3.63, 3.8) is 0 Å². The van der Waals surface area contributed by atoms with Gasteiger partial charge >= 0.3 is 5.97 Å². The summed E-state index contributed by atoms with van der Waals surface area (Å²) >= 11 is 0. The second-order valence-corrected chi connectivity index (χ2v) is 3.99. The molecule has 0 bridgehead atoms. The molecule has 1 fully saturated rings. The van der Waals surface area contributed by atoms with Crippen molar-refractivity contribution in [2.45, 2.75) is 44.8 Å². The molecule has 3 atom stereocenters. The monoisotopic (exact) mass is 202 g/mol. The third-order valence-electron chi connectivity index (χ3n) is 3.07. The maximum atomic E-state index is 11.0. The quantitative estimate of drug-likeness (QED) is 0.717. The fraction of sp³-hybridized carbons (Fsp3) is 0.900. The van der Waals surface area contributed by atoms with Crippen molar-refractivity contribution >= 4 is 5.97 Å². The zero-order valence-electron chi connectivity index (χ0n) is 8.69. The Morgan fingerprint density at radius 1 is 1.64 bits per heavy atom. The molecule has 1 aliphatic rings. The van der Waals surface area contributed by atoms with Crippen LogP contribution in [0.4, 0.5) is 0 Å². The van der Waals surface area contributed by atoms with Crippen LogP contribution in [0.1, 0.15) is 33.1 Å². The molecule has 1 heterocycles. The lowest BCUT2D eigenvalue weighted by atomic mass is 9.78. The van der Waals surface area contributed by atoms with E-state index in [1.54, 1.807) is 6.92 Å². The summed E-state index contributed by atoms with van der Waals surface area (Å²) in [6.45, 7) is 4.15. The number of hydrogen-bond acceptors (Lipinski definition) is 3. The number of rotatable bonds is 3. The summed E-state index contributed by atoms with van der Waals surface area (Å²) in [5.41, 5.74) is -1.57. The van der Waals surface area contributed by atoms with Crippen molar-refractivity contribution in [3.8, 4) is 0 Å². The Morgan fingerprint density at radius 2 is 2.29 bits per heavy atom. The first-order chi connectivity index (χ1) is 6.50. The van der Waals surface area contributed by atoms with Gasteiger partial charge in [-0.05, 0) is 26.2 Å². The predicted molar refractivity (Wildman–Crippen MR) is 51.0 cm³/mol. The topological polar surface area (TPSA) is 66.8 Å². The lowest BCUT2D eigenvalue weighted by molar-refractivity contribution is -0.171. The Morgan fingerprint density at radius 3 is 2.71 bits per heavy atom. The van der Waals surface area contributed by atoms with Gasteiger partial charge < -0.3 is 14.9 Å². The van der Waals surface area contributed by atoms with E-state index in [4.69, 9.17) is 9.84 Å². The number of aliphatic carboxylic acids is 1. The van der Waals surface area contributed by atoms with E-state index in [0.29, 0.717) is 19.4 Å². The first-order valence-electron chi connectivity index (χ1n) is 5.08. The van der Waals surface area contributed by atoms with Crippen LogP contribution >= 0.6 is 0 Å². The van der Waals surface area contributed by atoms with Gasteiger partial charge in [0.25, 0.3) is 0 Å².